The summed E-state index contributed by atoms with van der Waals surface area (Å²) in [6, 6.07) is 7.27. The second-order valence-electron chi connectivity index (χ2n) is 5.01. The number of aryl methyl sites for hydroxylation is 3. The predicted molar refractivity (Wildman–Crippen MR) is 87.5 cm³/mol. The monoisotopic (exact) mass is 293 g/mol. The third kappa shape index (κ3) is 4.16. The predicted octanol–water partition coefficient (Wildman–Crippen LogP) is 5.10. The largest absolute Gasteiger partial charge is 0.309 e. The van der Waals surface area contributed by atoms with Gasteiger partial charge in [-0.05, 0) is 62.7 Å². The molecule has 0 spiro atoms. The third-order valence-electron chi connectivity index (χ3n) is 3.43. The molecule has 2 aromatic heterocycles. The lowest BCUT2D eigenvalue weighted by molar-refractivity contribution is 0.507. The first-order valence-corrected chi connectivity index (χ1v) is 8.73. The number of rotatable bonds is 7. The van der Waals surface area contributed by atoms with Crippen molar-refractivity contribution in [3.05, 3.63) is 43.8 Å². The van der Waals surface area contributed by atoms with Crippen molar-refractivity contribution in [2.45, 2.75) is 46.1 Å². The van der Waals surface area contributed by atoms with Gasteiger partial charge in [0.1, 0.15) is 0 Å². The van der Waals surface area contributed by atoms with Crippen molar-refractivity contribution in [1.29, 1.82) is 0 Å². The molecule has 0 aliphatic rings. The van der Waals surface area contributed by atoms with Gasteiger partial charge in [0.25, 0.3) is 0 Å². The fraction of sp³-hybridized carbons (Fsp3) is 0.500. The third-order valence-corrected chi connectivity index (χ3v) is 5.63. The van der Waals surface area contributed by atoms with E-state index in [0.717, 1.165) is 6.54 Å². The minimum Gasteiger partial charge on any atom is -0.309 e. The van der Waals surface area contributed by atoms with E-state index in [-0.39, 0.29) is 0 Å². The first-order valence-electron chi connectivity index (χ1n) is 7.03. The molecule has 2 heterocycles. The molecule has 2 rings (SSSR count). The van der Waals surface area contributed by atoms with E-state index in [1.165, 1.54) is 39.5 Å². The second-order valence-corrected chi connectivity index (χ2v) is 7.33. The van der Waals surface area contributed by atoms with Crippen molar-refractivity contribution in [3.63, 3.8) is 0 Å². The Labute approximate surface area is 124 Å². The average molecular weight is 294 g/mol. The van der Waals surface area contributed by atoms with Crippen LogP contribution < -0.4 is 5.32 Å². The van der Waals surface area contributed by atoms with Crippen LogP contribution in [-0.2, 0) is 6.42 Å². The van der Waals surface area contributed by atoms with Crippen molar-refractivity contribution in [3.8, 4) is 0 Å². The van der Waals surface area contributed by atoms with Crippen LogP contribution in [0, 0.1) is 13.8 Å². The molecule has 0 radical (unpaired) electrons. The zero-order chi connectivity index (χ0) is 13.7. The molecule has 104 valence electrons. The van der Waals surface area contributed by atoms with Gasteiger partial charge in [-0.15, -0.1) is 22.7 Å². The Morgan fingerprint density at radius 3 is 2.74 bits per heavy atom. The van der Waals surface area contributed by atoms with E-state index in [1.54, 1.807) is 0 Å². The Balaban J connectivity index is 2.02. The maximum Gasteiger partial charge on any atom is 0.0418 e. The summed E-state index contributed by atoms with van der Waals surface area (Å²) in [7, 11) is 0. The summed E-state index contributed by atoms with van der Waals surface area (Å²) in [6.07, 6.45) is 3.56. The van der Waals surface area contributed by atoms with Crippen LogP contribution >= 0.6 is 22.7 Å². The molecular formula is C16H23NS2. The molecular weight excluding hydrogens is 270 g/mol. The van der Waals surface area contributed by atoms with Gasteiger partial charge in [0.2, 0.25) is 0 Å². The van der Waals surface area contributed by atoms with Crippen LogP contribution in [0.2, 0.25) is 0 Å². The van der Waals surface area contributed by atoms with E-state index in [0.29, 0.717) is 6.04 Å². The molecule has 1 N–H and O–H groups in total. The summed E-state index contributed by atoms with van der Waals surface area (Å²) in [5.74, 6) is 0. The first-order chi connectivity index (χ1) is 9.20. The Kier molecular flexibility index (Phi) is 5.61. The molecule has 0 aliphatic heterocycles. The molecule has 1 atom stereocenters. The Morgan fingerprint density at radius 2 is 2.16 bits per heavy atom. The normalized spacial score (nSPS) is 12.8. The maximum atomic E-state index is 3.70. The summed E-state index contributed by atoms with van der Waals surface area (Å²) >= 11 is 3.82. The zero-order valence-corrected chi connectivity index (χ0v) is 13.7. The zero-order valence-electron chi connectivity index (χ0n) is 12.0. The molecule has 19 heavy (non-hydrogen) atoms. The molecule has 0 amide bonds. The molecule has 0 aromatic carbocycles. The maximum absolute atomic E-state index is 3.70. The fourth-order valence-electron chi connectivity index (χ4n) is 2.18. The van der Waals surface area contributed by atoms with Crippen LogP contribution in [0.25, 0.3) is 0 Å². The van der Waals surface area contributed by atoms with E-state index >= 15 is 0 Å². The number of hydrogen-bond acceptors (Lipinski definition) is 3. The number of hydrogen-bond donors (Lipinski definition) is 1. The lowest BCUT2D eigenvalue weighted by Gasteiger charge is -2.16. The van der Waals surface area contributed by atoms with Crippen LogP contribution in [0.5, 0.6) is 0 Å². The van der Waals surface area contributed by atoms with E-state index in [1.807, 2.05) is 22.7 Å². The highest BCUT2D eigenvalue weighted by atomic mass is 32.1. The van der Waals surface area contributed by atoms with Crippen molar-refractivity contribution in [2.75, 3.05) is 6.54 Å². The van der Waals surface area contributed by atoms with E-state index in [4.69, 9.17) is 0 Å². The smallest absolute Gasteiger partial charge is 0.0418 e. The van der Waals surface area contributed by atoms with Gasteiger partial charge in [-0.1, -0.05) is 13.0 Å². The quantitative estimate of drug-likeness (QED) is 0.749. The Bertz CT molecular complexity index is 465. The summed E-state index contributed by atoms with van der Waals surface area (Å²) in [6.45, 7) is 7.77. The molecule has 0 bridgehead atoms. The second kappa shape index (κ2) is 7.22. The first kappa shape index (κ1) is 14.8. The standard InChI is InChI=1S/C16H23NS2/c1-4-9-17-15(8-7-14-6-5-10-18-14)16-11-12(2)13(3)19-16/h5-6,10-11,15,17H,4,7-9H2,1-3H3. The van der Waals surface area contributed by atoms with Gasteiger partial charge >= 0.3 is 0 Å². The highest BCUT2D eigenvalue weighted by Crippen LogP contribution is 2.29. The van der Waals surface area contributed by atoms with Crippen molar-refractivity contribution >= 4 is 22.7 Å². The highest BCUT2D eigenvalue weighted by Gasteiger charge is 2.14. The van der Waals surface area contributed by atoms with Gasteiger partial charge in [0, 0.05) is 20.7 Å². The topological polar surface area (TPSA) is 12.0 Å². The number of nitrogens with one attached hydrogen (secondary N) is 1. The molecule has 0 fully saturated rings. The van der Waals surface area contributed by atoms with Gasteiger partial charge in [0.05, 0.1) is 0 Å². The lowest BCUT2D eigenvalue weighted by atomic mass is 10.1. The molecule has 0 saturated carbocycles. The summed E-state index contributed by atoms with van der Waals surface area (Å²) < 4.78 is 0. The van der Waals surface area contributed by atoms with Crippen LogP contribution in [0.1, 0.15) is 46.0 Å². The minimum absolute atomic E-state index is 0.513. The van der Waals surface area contributed by atoms with Gasteiger partial charge in [-0.2, -0.15) is 0 Å². The Hall–Kier alpha value is -0.640. The van der Waals surface area contributed by atoms with Crippen LogP contribution in [-0.4, -0.2) is 6.54 Å². The summed E-state index contributed by atoms with van der Waals surface area (Å²) in [5.41, 5.74) is 1.43. The van der Waals surface area contributed by atoms with Crippen molar-refractivity contribution in [1.82, 2.24) is 5.32 Å². The summed E-state index contributed by atoms with van der Waals surface area (Å²) in [4.78, 5) is 4.45. The molecule has 1 nitrogen and oxygen atoms in total. The van der Waals surface area contributed by atoms with Gasteiger partial charge in [0.15, 0.2) is 0 Å². The SMILES string of the molecule is CCCNC(CCc1cccs1)c1cc(C)c(C)s1. The van der Waals surface area contributed by atoms with E-state index < -0.39 is 0 Å². The van der Waals surface area contributed by atoms with Crippen LogP contribution in [0.15, 0.2) is 23.6 Å². The van der Waals surface area contributed by atoms with E-state index in [9.17, 15) is 0 Å². The van der Waals surface area contributed by atoms with Crippen molar-refractivity contribution < 1.29 is 0 Å². The van der Waals surface area contributed by atoms with E-state index in [2.05, 4.69) is 49.7 Å². The molecule has 0 saturated heterocycles. The molecule has 2 aromatic rings. The summed E-state index contributed by atoms with van der Waals surface area (Å²) in [5, 5.41) is 5.87. The molecule has 3 heteroatoms. The number of thiophene rings is 2. The molecule has 1 unspecified atom stereocenters. The van der Waals surface area contributed by atoms with Crippen LogP contribution in [0.4, 0.5) is 0 Å². The Morgan fingerprint density at radius 1 is 1.32 bits per heavy atom. The fourth-order valence-corrected chi connectivity index (χ4v) is 4.06. The van der Waals surface area contributed by atoms with Gasteiger partial charge < -0.3 is 5.32 Å². The highest BCUT2D eigenvalue weighted by molar-refractivity contribution is 7.12. The van der Waals surface area contributed by atoms with Gasteiger partial charge in [-0.25, -0.2) is 0 Å². The van der Waals surface area contributed by atoms with Crippen LogP contribution in [0.3, 0.4) is 0 Å². The molecule has 0 aliphatic carbocycles. The minimum atomic E-state index is 0.513. The van der Waals surface area contributed by atoms with Gasteiger partial charge in [-0.3, -0.25) is 0 Å². The average Bonchev–Trinajstić information content (AvgIpc) is 3.01. The van der Waals surface area contributed by atoms with Crippen molar-refractivity contribution in [2.24, 2.45) is 0 Å². The lowest BCUT2D eigenvalue weighted by Crippen LogP contribution is -2.21.